The predicted molar refractivity (Wildman–Crippen MR) is 97.8 cm³/mol. The molecule has 0 radical (unpaired) electrons. The summed E-state index contributed by atoms with van der Waals surface area (Å²) in [6.07, 6.45) is 0.294. The van der Waals surface area contributed by atoms with Crippen molar-refractivity contribution in [2.75, 3.05) is 6.54 Å². The molecule has 1 unspecified atom stereocenters. The summed E-state index contributed by atoms with van der Waals surface area (Å²) in [5.74, 6) is 0.581. The van der Waals surface area contributed by atoms with E-state index in [-0.39, 0.29) is 17.5 Å². The smallest absolute Gasteiger partial charge is 0.240 e. The number of hydrogen-bond acceptors (Lipinski definition) is 3. The van der Waals surface area contributed by atoms with Gasteiger partial charge in [0.1, 0.15) is 5.75 Å². The predicted octanol–water partition coefficient (Wildman–Crippen LogP) is 4.78. The molecule has 0 aromatic heterocycles. The van der Waals surface area contributed by atoms with Gasteiger partial charge in [0, 0.05) is 17.6 Å². The largest absolute Gasteiger partial charge is 0.491 e. The Morgan fingerprint density at radius 1 is 1.04 bits per heavy atom. The number of rotatable bonds is 7. The molecule has 2 aromatic rings. The highest BCUT2D eigenvalue weighted by Gasteiger charge is 2.14. The number of halogens is 3. The monoisotopic (exact) mass is 407 g/mol. The third-order valence-electron chi connectivity index (χ3n) is 3.20. The van der Waals surface area contributed by atoms with Crippen LogP contribution in [-0.4, -0.2) is 21.1 Å². The molecule has 0 amide bonds. The van der Waals surface area contributed by atoms with Crippen LogP contribution in [0.25, 0.3) is 0 Å². The highest BCUT2D eigenvalue weighted by molar-refractivity contribution is 7.89. The lowest BCUT2D eigenvalue weighted by Gasteiger charge is -2.15. The van der Waals surface area contributed by atoms with Crippen LogP contribution in [0.15, 0.2) is 47.4 Å². The van der Waals surface area contributed by atoms with Crippen LogP contribution in [0.3, 0.4) is 0 Å². The molecule has 0 aliphatic heterocycles. The summed E-state index contributed by atoms with van der Waals surface area (Å²) in [6, 6.07) is 11.0. The second-order valence-electron chi connectivity index (χ2n) is 5.14. The molecule has 4 nitrogen and oxygen atoms in total. The molecular weight excluding hydrogens is 393 g/mol. The van der Waals surface area contributed by atoms with Crippen LogP contribution < -0.4 is 9.46 Å². The van der Waals surface area contributed by atoms with Gasteiger partial charge in [-0.1, -0.05) is 34.8 Å². The lowest BCUT2D eigenvalue weighted by atomic mass is 10.3. The average molecular weight is 409 g/mol. The van der Waals surface area contributed by atoms with Crippen LogP contribution in [0.2, 0.25) is 15.1 Å². The van der Waals surface area contributed by atoms with Crippen molar-refractivity contribution in [3.05, 3.63) is 57.5 Å². The van der Waals surface area contributed by atoms with E-state index in [1.165, 1.54) is 24.3 Å². The van der Waals surface area contributed by atoms with Crippen molar-refractivity contribution in [2.24, 2.45) is 0 Å². The van der Waals surface area contributed by atoms with Gasteiger partial charge in [-0.2, -0.15) is 0 Å². The van der Waals surface area contributed by atoms with E-state index in [0.717, 1.165) is 0 Å². The molecule has 0 saturated heterocycles. The van der Waals surface area contributed by atoms with Gasteiger partial charge in [0.05, 0.1) is 21.0 Å². The van der Waals surface area contributed by atoms with Crippen molar-refractivity contribution in [1.29, 1.82) is 0 Å². The Hall–Kier alpha value is -0.980. The topological polar surface area (TPSA) is 55.4 Å². The molecule has 0 saturated carbocycles. The maximum atomic E-state index is 12.1. The third-order valence-corrected chi connectivity index (χ3v) is 5.66. The highest BCUT2D eigenvalue weighted by Crippen LogP contribution is 2.27. The zero-order valence-corrected chi connectivity index (χ0v) is 15.9. The van der Waals surface area contributed by atoms with Crippen LogP contribution >= 0.6 is 34.8 Å². The number of benzene rings is 2. The Balaban J connectivity index is 1.86. The summed E-state index contributed by atoms with van der Waals surface area (Å²) in [5.41, 5.74) is 0. The van der Waals surface area contributed by atoms with Crippen LogP contribution in [0.4, 0.5) is 0 Å². The normalized spacial score (nSPS) is 12.8. The highest BCUT2D eigenvalue weighted by atomic mass is 35.5. The number of sulfonamides is 1. The van der Waals surface area contributed by atoms with E-state index in [0.29, 0.717) is 27.2 Å². The van der Waals surface area contributed by atoms with E-state index < -0.39 is 10.0 Å². The Bertz CT molecular complexity index is 795. The second-order valence-corrected chi connectivity index (χ2v) is 8.16. The van der Waals surface area contributed by atoms with Gasteiger partial charge in [0.25, 0.3) is 0 Å². The molecule has 24 heavy (non-hydrogen) atoms. The van der Waals surface area contributed by atoms with Crippen LogP contribution in [0.1, 0.15) is 13.3 Å². The second kappa shape index (κ2) is 8.41. The zero-order chi connectivity index (χ0) is 17.7. The summed E-state index contributed by atoms with van der Waals surface area (Å²) in [5, 5.41) is 1.34. The summed E-state index contributed by atoms with van der Waals surface area (Å²) in [6.45, 7) is 2.09. The summed E-state index contributed by atoms with van der Waals surface area (Å²) < 4.78 is 32.5. The molecule has 2 rings (SSSR count). The number of hydrogen-bond donors (Lipinski definition) is 1. The first-order valence-electron chi connectivity index (χ1n) is 7.15. The Kier molecular flexibility index (Phi) is 6.78. The summed E-state index contributed by atoms with van der Waals surface area (Å²) >= 11 is 17.5. The molecule has 130 valence electrons. The van der Waals surface area contributed by atoms with Gasteiger partial charge < -0.3 is 4.74 Å². The van der Waals surface area contributed by atoms with Gasteiger partial charge in [-0.15, -0.1) is 0 Å². The van der Waals surface area contributed by atoms with Crippen molar-refractivity contribution in [2.45, 2.75) is 24.3 Å². The fourth-order valence-electron chi connectivity index (χ4n) is 1.94. The lowest BCUT2D eigenvalue weighted by molar-refractivity contribution is 0.212. The SMILES string of the molecule is CC(CCNS(=O)(=O)c1ccc(Cl)cc1)Oc1ccc(Cl)c(Cl)c1. The quantitative estimate of drug-likeness (QED) is 0.717. The fraction of sp³-hybridized carbons (Fsp3) is 0.250. The lowest BCUT2D eigenvalue weighted by Crippen LogP contribution is -2.28. The molecule has 0 bridgehead atoms. The fourth-order valence-corrected chi connectivity index (χ4v) is 3.40. The van der Waals surface area contributed by atoms with E-state index in [9.17, 15) is 8.42 Å². The van der Waals surface area contributed by atoms with E-state index in [4.69, 9.17) is 39.5 Å². The van der Waals surface area contributed by atoms with Gasteiger partial charge >= 0.3 is 0 Å². The van der Waals surface area contributed by atoms with Gasteiger partial charge in [-0.3, -0.25) is 0 Å². The minimum absolute atomic E-state index is 0.171. The minimum Gasteiger partial charge on any atom is -0.491 e. The first-order chi connectivity index (χ1) is 11.3. The van der Waals surface area contributed by atoms with Crippen molar-refractivity contribution in [1.82, 2.24) is 4.72 Å². The molecule has 1 atom stereocenters. The summed E-state index contributed by atoms with van der Waals surface area (Å²) in [4.78, 5) is 0.171. The Morgan fingerprint density at radius 3 is 2.33 bits per heavy atom. The minimum atomic E-state index is -3.56. The van der Waals surface area contributed by atoms with E-state index in [2.05, 4.69) is 4.72 Å². The molecule has 2 aromatic carbocycles. The maximum absolute atomic E-state index is 12.1. The van der Waals surface area contributed by atoms with Crippen molar-refractivity contribution < 1.29 is 13.2 Å². The van der Waals surface area contributed by atoms with Crippen molar-refractivity contribution >= 4 is 44.8 Å². The molecule has 0 aliphatic carbocycles. The molecule has 0 fully saturated rings. The zero-order valence-electron chi connectivity index (χ0n) is 12.8. The molecule has 0 spiro atoms. The van der Waals surface area contributed by atoms with Gasteiger partial charge in [-0.25, -0.2) is 13.1 Å². The number of nitrogens with one attached hydrogen (secondary N) is 1. The average Bonchev–Trinajstić information content (AvgIpc) is 2.51. The van der Waals surface area contributed by atoms with Crippen LogP contribution in [0.5, 0.6) is 5.75 Å². The Labute approximate surface area is 156 Å². The standard InChI is InChI=1S/C16H16Cl3NO3S/c1-11(23-13-4-7-15(18)16(19)10-13)8-9-20-24(21,22)14-5-2-12(17)3-6-14/h2-7,10-11,20H,8-9H2,1H3. The van der Waals surface area contributed by atoms with E-state index >= 15 is 0 Å². The molecule has 8 heteroatoms. The molecular formula is C16H16Cl3NO3S. The van der Waals surface area contributed by atoms with Crippen molar-refractivity contribution in [3.8, 4) is 5.75 Å². The third kappa shape index (κ3) is 5.53. The van der Waals surface area contributed by atoms with Gasteiger partial charge in [0.15, 0.2) is 0 Å². The maximum Gasteiger partial charge on any atom is 0.240 e. The summed E-state index contributed by atoms with van der Waals surface area (Å²) in [7, 11) is -3.56. The molecule has 1 N–H and O–H groups in total. The Morgan fingerprint density at radius 2 is 1.71 bits per heavy atom. The van der Waals surface area contributed by atoms with E-state index in [1.54, 1.807) is 18.2 Å². The number of ether oxygens (including phenoxy) is 1. The molecule has 0 aliphatic rings. The van der Waals surface area contributed by atoms with Gasteiger partial charge in [-0.05, 0) is 49.7 Å². The van der Waals surface area contributed by atoms with E-state index in [1.807, 2.05) is 6.92 Å². The first-order valence-corrected chi connectivity index (χ1v) is 9.76. The van der Waals surface area contributed by atoms with Crippen LogP contribution in [0, 0.1) is 0 Å². The first kappa shape index (κ1) is 19.3. The molecule has 0 heterocycles. The van der Waals surface area contributed by atoms with Crippen molar-refractivity contribution in [3.63, 3.8) is 0 Å². The van der Waals surface area contributed by atoms with Gasteiger partial charge in [0.2, 0.25) is 10.0 Å². The van der Waals surface area contributed by atoms with Crippen LogP contribution in [-0.2, 0) is 10.0 Å².